The van der Waals surface area contributed by atoms with Crippen LogP contribution in [0.4, 0.5) is 13.2 Å². The van der Waals surface area contributed by atoms with Crippen molar-refractivity contribution in [2.75, 3.05) is 0 Å². The Bertz CT molecular complexity index is 1430. The van der Waals surface area contributed by atoms with E-state index in [1.165, 1.54) is 23.1 Å². The first-order valence-electron chi connectivity index (χ1n) is 11.0. The zero-order valence-corrected chi connectivity index (χ0v) is 18.6. The lowest BCUT2D eigenvalue weighted by atomic mass is 9.95. The van der Waals surface area contributed by atoms with E-state index in [1.54, 1.807) is 0 Å². The first-order valence-corrected chi connectivity index (χ1v) is 11.0. The predicted octanol–water partition coefficient (Wildman–Crippen LogP) is 3.19. The summed E-state index contributed by atoms with van der Waals surface area (Å²) in [7, 11) is 0. The van der Waals surface area contributed by atoms with Gasteiger partial charge in [-0.25, -0.2) is 15.0 Å². The third-order valence-electron chi connectivity index (χ3n) is 5.94. The molecule has 10 nitrogen and oxygen atoms in total. The van der Waals surface area contributed by atoms with Crippen molar-refractivity contribution >= 4 is 5.91 Å². The van der Waals surface area contributed by atoms with Crippen LogP contribution in [0.2, 0.25) is 0 Å². The van der Waals surface area contributed by atoms with Crippen LogP contribution in [0.1, 0.15) is 64.9 Å². The molecule has 2 saturated carbocycles. The maximum atomic E-state index is 13.0. The van der Waals surface area contributed by atoms with Crippen LogP contribution in [-0.4, -0.2) is 37.0 Å². The molecule has 2 aliphatic rings. The van der Waals surface area contributed by atoms with Gasteiger partial charge in [-0.15, -0.1) is 18.3 Å². The molecule has 2 aromatic heterocycles. The second-order valence-corrected chi connectivity index (χ2v) is 8.62. The Kier molecular flexibility index (Phi) is 5.55. The van der Waals surface area contributed by atoms with Crippen LogP contribution in [0, 0.1) is 22.7 Å². The SMILES string of the molecule is N#Cc1cc(-n2nc(C3CC3)nc2CNC(=O)c2cc(OC(F)(F)F)cc(C3(C#N)CC3)c2)ncn1. The van der Waals surface area contributed by atoms with Crippen molar-refractivity contribution in [1.82, 2.24) is 30.0 Å². The fraction of sp³-hybridized carbons (Fsp3) is 0.348. The van der Waals surface area contributed by atoms with Gasteiger partial charge in [0.05, 0.1) is 18.0 Å². The van der Waals surface area contributed by atoms with Gasteiger partial charge in [-0.2, -0.15) is 15.2 Å². The number of carbonyl (C=O) groups is 1. The third kappa shape index (κ3) is 4.81. The molecule has 1 aromatic carbocycles. The lowest BCUT2D eigenvalue weighted by Crippen LogP contribution is -2.26. The average molecular weight is 494 g/mol. The number of hydrogen-bond donors (Lipinski definition) is 1. The first kappa shape index (κ1) is 23.2. The summed E-state index contributed by atoms with van der Waals surface area (Å²) in [5.41, 5.74) is -0.597. The minimum Gasteiger partial charge on any atom is -0.406 e. The van der Waals surface area contributed by atoms with Crippen molar-refractivity contribution in [1.29, 1.82) is 10.5 Å². The van der Waals surface area contributed by atoms with E-state index >= 15 is 0 Å². The molecule has 0 aliphatic heterocycles. The van der Waals surface area contributed by atoms with Crippen LogP contribution in [0.15, 0.2) is 30.6 Å². The number of amides is 1. The highest BCUT2D eigenvalue weighted by Gasteiger charge is 2.46. The Morgan fingerprint density at radius 1 is 1.19 bits per heavy atom. The van der Waals surface area contributed by atoms with Gasteiger partial charge in [0, 0.05) is 17.5 Å². The summed E-state index contributed by atoms with van der Waals surface area (Å²) < 4.78 is 44.0. The van der Waals surface area contributed by atoms with E-state index in [9.17, 15) is 23.2 Å². The van der Waals surface area contributed by atoms with Crippen LogP contribution >= 0.6 is 0 Å². The zero-order valence-electron chi connectivity index (χ0n) is 18.6. The number of aromatic nitrogens is 5. The number of nitriles is 2. The van der Waals surface area contributed by atoms with Crippen molar-refractivity contribution in [3.8, 4) is 23.7 Å². The number of rotatable bonds is 7. The zero-order chi connectivity index (χ0) is 25.5. The molecular formula is C23H17F3N8O2. The number of ether oxygens (including phenoxy) is 1. The third-order valence-corrected chi connectivity index (χ3v) is 5.94. The van der Waals surface area contributed by atoms with Gasteiger partial charge in [-0.3, -0.25) is 4.79 Å². The minimum atomic E-state index is -4.95. The lowest BCUT2D eigenvalue weighted by Gasteiger charge is -2.15. The van der Waals surface area contributed by atoms with Crippen molar-refractivity contribution in [2.45, 2.75) is 49.9 Å². The van der Waals surface area contributed by atoms with E-state index < -0.39 is 23.4 Å². The molecule has 13 heteroatoms. The molecule has 0 spiro atoms. The molecule has 1 N–H and O–H groups in total. The fourth-order valence-electron chi connectivity index (χ4n) is 3.75. The van der Waals surface area contributed by atoms with Gasteiger partial charge >= 0.3 is 6.36 Å². The summed E-state index contributed by atoms with van der Waals surface area (Å²) in [6.45, 7) is -0.118. The Labute approximate surface area is 202 Å². The highest BCUT2D eigenvalue weighted by molar-refractivity contribution is 5.95. The van der Waals surface area contributed by atoms with E-state index in [2.05, 4.69) is 36.2 Å². The summed E-state index contributed by atoms with van der Waals surface area (Å²) in [6.07, 6.45) is -0.916. The van der Waals surface area contributed by atoms with Gasteiger partial charge in [-0.05, 0) is 49.4 Å². The molecule has 2 heterocycles. The van der Waals surface area contributed by atoms with Crippen LogP contribution < -0.4 is 10.1 Å². The van der Waals surface area contributed by atoms with Gasteiger partial charge in [0.1, 0.15) is 23.8 Å². The Morgan fingerprint density at radius 3 is 2.61 bits per heavy atom. The van der Waals surface area contributed by atoms with E-state index in [0.717, 1.165) is 25.0 Å². The summed E-state index contributed by atoms with van der Waals surface area (Å²) in [5.74, 6) is 0.127. The Balaban J connectivity index is 1.42. The average Bonchev–Trinajstić information content (AvgIpc) is 3.79. The maximum absolute atomic E-state index is 13.0. The quantitative estimate of drug-likeness (QED) is 0.528. The monoisotopic (exact) mass is 494 g/mol. The highest BCUT2D eigenvalue weighted by Crippen LogP contribution is 2.48. The number of nitrogens with one attached hydrogen (secondary N) is 1. The second kappa shape index (κ2) is 8.61. The minimum absolute atomic E-state index is 0.0874. The van der Waals surface area contributed by atoms with Crippen molar-refractivity contribution in [2.24, 2.45) is 0 Å². The van der Waals surface area contributed by atoms with Crippen molar-refractivity contribution in [3.05, 3.63) is 59.1 Å². The molecular weight excluding hydrogens is 477 g/mol. The molecule has 36 heavy (non-hydrogen) atoms. The molecule has 2 aliphatic carbocycles. The molecule has 0 saturated heterocycles. The largest absolute Gasteiger partial charge is 0.573 e. The fourth-order valence-corrected chi connectivity index (χ4v) is 3.75. The topological polar surface area (TPSA) is 142 Å². The summed E-state index contributed by atoms with van der Waals surface area (Å²) in [4.78, 5) is 25.4. The van der Waals surface area contributed by atoms with Gasteiger partial charge in [-0.1, -0.05) is 0 Å². The highest BCUT2D eigenvalue weighted by atomic mass is 19.4. The van der Waals surface area contributed by atoms with Crippen LogP contribution in [0.5, 0.6) is 5.75 Å². The molecule has 2 fully saturated rings. The summed E-state index contributed by atoms with van der Waals surface area (Å²) in [6, 6.07) is 8.98. The number of alkyl halides is 3. The van der Waals surface area contributed by atoms with Crippen LogP contribution in [0.25, 0.3) is 5.82 Å². The Hall–Kier alpha value is -4.52. The molecule has 1 amide bonds. The number of halogens is 3. The number of nitrogens with zero attached hydrogens (tertiary/aromatic N) is 7. The first-order chi connectivity index (χ1) is 17.2. The molecule has 0 bridgehead atoms. The van der Waals surface area contributed by atoms with Gasteiger partial charge in [0.15, 0.2) is 17.5 Å². The van der Waals surface area contributed by atoms with Gasteiger partial charge in [0.25, 0.3) is 5.91 Å². The van der Waals surface area contributed by atoms with Crippen molar-refractivity contribution < 1.29 is 22.7 Å². The normalized spacial score (nSPS) is 16.0. The number of carbonyl (C=O) groups excluding carboxylic acids is 1. The molecule has 0 unspecified atom stereocenters. The maximum Gasteiger partial charge on any atom is 0.573 e. The molecule has 5 rings (SSSR count). The van der Waals surface area contributed by atoms with Crippen molar-refractivity contribution in [3.63, 3.8) is 0 Å². The number of benzene rings is 1. The summed E-state index contributed by atoms with van der Waals surface area (Å²) in [5, 5.41) is 25.7. The van der Waals surface area contributed by atoms with Gasteiger partial charge in [0.2, 0.25) is 0 Å². The lowest BCUT2D eigenvalue weighted by molar-refractivity contribution is -0.274. The summed E-state index contributed by atoms with van der Waals surface area (Å²) >= 11 is 0. The van der Waals surface area contributed by atoms with Crippen LogP contribution in [-0.2, 0) is 12.0 Å². The number of hydrogen-bond acceptors (Lipinski definition) is 8. The van der Waals surface area contributed by atoms with E-state index in [-0.39, 0.29) is 29.5 Å². The second-order valence-electron chi connectivity index (χ2n) is 8.62. The van der Waals surface area contributed by atoms with E-state index in [4.69, 9.17) is 5.26 Å². The van der Waals surface area contributed by atoms with E-state index in [1.807, 2.05) is 6.07 Å². The molecule has 182 valence electrons. The Morgan fingerprint density at radius 2 is 1.97 bits per heavy atom. The molecule has 3 aromatic rings. The molecule has 0 radical (unpaired) electrons. The smallest absolute Gasteiger partial charge is 0.406 e. The van der Waals surface area contributed by atoms with E-state index in [0.29, 0.717) is 30.1 Å². The standard InChI is InChI=1S/C23H17F3N8O2/c24-23(25,26)36-17-6-14(5-15(7-17)22(11-28)3-4-22)21(35)29-10-19-32-20(13-1-2-13)33-34(19)18-8-16(9-27)30-12-31-18/h5-8,12-13H,1-4,10H2,(H,29,35). The van der Waals surface area contributed by atoms with Gasteiger partial charge < -0.3 is 10.1 Å². The predicted molar refractivity (Wildman–Crippen MR) is 114 cm³/mol. The molecule has 0 atom stereocenters. The van der Waals surface area contributed by atoms with Crippen LogP contribution in [0.3, 0.4) is 0 Å².